The molecule has 0 saturated heterocycles. The molecule has 0 aliphatic heterocycles. The average molecular weight is 312 g/mol. The van der Waals surface area contributed by atoms with Gasteiger partial charge >= 0.3 is 0 Å². The Morgan fingerprint density at radius 1 is 0.864 bits per heavy atom. The summed E-state index contributed by atoms with van der Waals surface area (Å²) in [7, 11) is -1.85. The van der Waals surface area contributed by atoms with Gasteiger partial charge in [0.05, 0.1) is 0 Å². The minimum Gasteiger partial charge on any atom is -0.405 e. The second-order valence-electron chi connectivity index (χ2n) is 6.72. The summed E-state index contributed by atoms with van der Waals surface area (Å²) in [5.74, 6) is 0. The van der Waals surface area contributed by atoms with Gasteiger partial charge in [0.25, 0.3) is 0 Å². The van der Waals surface area contributed by atoms with Crippen LogP contribution >= 0.6 is 0 Å². The van der Waals surface area contributed by atoms with Gasteiger partial charge in [0.1, 0.15) is 5.60 Å². The quantitative estimate of drug-likeness (QED) is 0.564. The average Bonchev–Trinajstić information content (AvgIpc) is 2.47. The molecule has 0 spiro atoms. The van der Waals surface area contributed by atoms with Crippen LogP contribution in [0.15, 0.2) is 60.7 Å². The zero-order chi connectivity index (χ0) is 16.1. The zero-order valence-electron chi connectivity index (χ0n) is 13.6. The third kappa shape index (κ3) is 4.93. The van der Waals surface area contributed by atoms with E-state index in [4.69, 9.17) is 4.43 Å². The first-order chi connectivity index (χ1) is 10.4. The minimum atomic E-state index is -1.85. The van der Waals surface area contributed by atoms with Crippen LogP contribution in [0.1, 0.15) is 11.1 Å². The zero-order valence-corrected chi connectivity index (χ0v) is 14.6. The van der Waals surface area contributed by atoms with Gasteiger partial charge in [-0.2, -0.15) is 0 Å². The lowest BCUT2D eigenvalue weighted by Gasteiger charge is -2.35. The molecule has 0 unspecified atom stereocenters. The maximum atomic E-state index is 12.0. The van der Waals surface area contributed by atoms with Gasteiger partial charge in [-0.25, -0.2) is 0 Å². The van der Waals surface area contributed by atoms with Crippen LogP contribution in [0, 0.1) is 0 Å². The summed E-state index contributed by atoms with van der Waals surface area (Å²) in [6.07, 6.45) is 2.22. The fraction of sp³-hybridized carbons (Fsp3) is 0.316. The molecule has 0 amide bonds. The Kier molecular flexibility index (Phi) is 5.32. The molecule has 2 aromatic carbocycles. The Bertz CT molecular complexity index is 546. The Hall–Kier alpha value is -1.71. The first-order valence-electron chi connectivity index (χ1n) is 7.67. The lowest BCUT2D eigenvalue weighted by atomic mass is 9.89. The number of benzene rings is 2. The van der Waals surface area contributed by atoms with Gasteiger partial charge in [0.2, 0.25) is 0 Å². The second kappa shape index (κ2) is 7.03. The maximum absolute atomic E-state index is 12.0. The summed E-state index contributed by atoms with van der Waals surface area (Å²) in [6.45, 7) is 6.38. The normalized spacial score (nSPS) is 12.1. The lowest BCUT2D eigenvalue weighted by molar-refractivity contribution is -0.122. The molecule has 2 aromatic rings. The summed E-state index contributed by atoms with van der Waals surface area (Å²) in [6, 6.07) is 20.2. The van der Waals surface area contributed by atoms with Crippen molar-refractivity contribution in [2.75, 3.05) is 0 Å². The van der Waals surface area contributed by atoms with E-state index < -0.39 is 13.9 Å². The lowest BCUT2D eigenvalue weighted by Crippen LogP contribution is -2.47. The Morgan fingerprint density at radius 3 is 1.59 bits per heavy atom. The molecular weight excluding hydrogens is 288 g/mol. The number of hydrogen-bond acceptors (Lipinski definition) is 2. The van der Waals surface area contributed by atoms with E-state index in [1.54, 1.807) is 0 Å². The van der Waals surface area contributed by atoms with Crippen molar-refractivity contribution in [2.45, 2.75) is 38.1 Å². The fourth-order valence-corrected chi connectivity index (χ4v) is 4.15. The van der Waals surface area contributed by atoms with Crippen molar-refractivity contribution in [1.29, 1.82) is 0 Å². The molecule has 0 saturated carbocycles. The van der Waals surface area contributed by atoms with Crippen LogP contribution < -0.4 is 0 Å². The summed E-state index contributed by atoms with van der Waals surface area (Å²) in [5.41, 5.74) is 1.47. The highest BCUT2D eigenvalue weighted by Crippen LogP contribution is 2.25. The van der Waals surface area contributed by atoms with Crippen molar-refractivity contribution in [3.63, 3.8) is 0 Å². The van der Waals surface area contributed by atoms with E-state index in [9.17, 15) is 4.79 Å². The first kappa shape index (κ1) is 16.7. The van der Waals surface area contributed by atoms with Crippen LogP contribution in [0.25, 0.3) is 0 Å². The topological polar surface area (TPSA) is 26.3 Å². The number of carbonyl (C=O) groups is 1. The molecule has 22 heavy (non-hydrogen) atoms. The summed E-state index contributed by atoms with van der Waals surface area (Å²) >= 11 is 0. The molecule has 0 radical (unpaired) electrons. The van der Waals surface area contributed by atoms with Crippen LogP contribution in [0.4, 0.5) is 0 Å². The number of aldehydes is 1. The Morgan fingerprint density at radius 2 is 1.27 bits per heavy atom. The minimum absolute atomic E-state index is 0.608. The molecule has 0 bridgehead atoms. The number of rotatable bonds is 7. The highest BCUT2D eigenvalue weighted by Gasteiger charge is 2.36. The van der Waals surface area contributed by atoms with E-state index in [2.05, 4.69) is 43.9 Å². The van der Waals surface area contributed by atoms with Crippen LogP contribution in [0.5, 0.6) is 0 Å². The molecule has 3 heteroatoms. The predicted octanol–water partition coefficient (Wildman–Crippen LogP) is 4.26. The standard InChI is InChI=1S/C19H24O2Si/c1-22(2,3)21-19(16-20,14-17-10-6-4-7-11-17)15-18-12-8-5-9-13-18/h4-13,16H,14-15H2,1-3H3. The highest BCUT2D eigenvalue weighted by molar-refractivity contribution is 6.70. The van der Waals surface area contributed by atoms with Crippen LogP contribution in [0.2, 0.25) is 19.6 Å². The van der Waals surface area contributed by atoms with Crippen LogP contribution in [0.3, 0.4) is 0 Å². The monoisotopic (exact) mass is 312 g/mol. The third-order valence-electron chi connectivity index (χ3n) is 3.42. The van der Waals surface area contributed by atoms with Crippen molar-refractivity contribution in [3.8, 4) is 0 Å². The Balaban J connectivity index is 2.31. The van der Waals surface area contributed by atoms with Gasteiger partial charge < -0.3 is 9.22 Å². The molecule has 0 fully saturated rings. The smallest absolute Gasteiger partial charge is 0.185 e. The van der Waals surface area contributed by atoms with Gasteiger partial charge in [-0.05, 0) is 30.8 Å². The molecule has 0 aliphatic carbocycles. The molecule has 0 N–H and O–H groups in total. The van der Waals surface area contributed by atoms with E-state index in [1.165, 1.54) is 0 Å². The van der Waals surface area contributed by atoms with Gasteiger partial charge in [-0.15, -0.1) is 0 Å². The van der Waals surface area contributed by atoms with Crippen molar-refractivity contribution in [2.24, 2.45) is 0 Å². The largest absolute Gasteiger partial charge is 0.405 e. The predicted molar refractivity (Wildman–Crippen MR) is 93.5 cm³/mol. The molecule has 2 nitrogen and oxygen atoms in total. The highest BCUT2D eigenvalue weighted by atomic mass is 28.4. The fourth-order valence-electron chi connectivity index (χ4n) is 2.73. The van der Waals surface area contributed by atoms with E-state index in [1.807, 2.05) is 36.4 Å². The van der Waals surface area contributed by atoms with E-state index in [0.29, 0.717) is 12.8 Å². The van der Waals surface area contributed by atoms with Crippen LogP contribution in [-0.2, 0) is 22.1 Å². The Labute approximate surface area is 134 Å². The van der Waals surface area contributed by atoms with Gasteiger partial charge in [-0.1, -0.05) is 60.7 Å². The number of hydrogen-bond donors (Lipinski definition) is 0. The number of carbonyl (C=O) groups excluding carboxylic acids is 1. The SMILES string of the molecule is C[Si](C)(C)OC(C=O)(Cc1ccccc1)Cc1ccccc1. The molecule has 0 aromatic heterocycles. The molecule has 0 heterocycles. The van der Waals surface area contributed by atoms with E-state index >= 15 is 0 Å². The molecular formula is C19H24O2Si. The second-order valence-corrected chi connectivity index (χ2v) is 11.2. The van der Waals surface area contributed by atoms with Crippen molar-refractivity contribution in [1.82, 2.24) is 0 Å². The molecule has 0 atom stereocenters. The van der Waals surface area contributed by atoms with Gasteiger partial charge in [0, 0.05) is 12.8 Å². The van der Waals surface area contributed by atoms with Crippen molar-refractivity contribution < 1.29 is 9.22 Å². The van der Waals surface area contributed by atoms with Crippen molar-refractivity contribution >= 4 is 14.6 Å². The first-order valence-corrected chi connectivity index (χ1v) is 11.1. The molecule has 116 valence electrons. The maximum Gasteiger partial charge on any atom is 0.185 e. The summed E-state index contributed by atoms with van der Waals surface area (Å²) < 4.78 is 6.35. The summed E-state index contributed by atoms with van der Waals surface area (Å²) in [5, 5.41) is 0. The van der Waals surface area contributed by atoms with Gasteiger partial charge in [-0.3, -0.25) is 0 Å². The van der Waals surface area contributed by atoms with E-state index in [-0.39, 0.29) is 0 Å². The third-order valence-corrected chi connectivity index (χ3v) is 4.44. The molecule has 2 rings (SSSR count). The van der Waals surface area contributed by atoms with Crippen LogP contribution in [-0.4, -0.2) is 20.2 Å². The molecule has 0 aliphatic rings. The van der Waals surface area contributed by atoms with Gasteiger partial charge in [0.15, 0.2) is 14.6 Å². The van der Waals surface area contributed by atoms with E-state index in [0.717, 1.165) is 17.4 Å². The van der Waals surface area contributed by atoms with Crippen molar-refractivity contribution in [3.05, 3.63) is 71.8 Å². The summed E-state index contributed by atoms with van der Waals surface area (Å²) in [4.78, 5) is 12.0.